The maximum atomic E-state index is 13.7. The molecular formula is C20H19BrF3N5O2. The Morgan fingerprint density at radius 3 is 2.84 bits per heavy atom. The summed E-state index contributed by atoms with van der Waals surface area (Å²) in [5.74, 6) is -1.03. The number of nitrogens with zero attached hydrogens (tertiary/aromatic N) is 2. The van der Waals surface area contributed by atoms with Crippen LogP contribution in [-0.2, 0) is 6.18 Å². The van der Waals surface area contributed by atoms with Gasteiger partial charge in [-0.2, -0.15) is 13.2 Å². The van der Waals surface area contributed by atoms with Gasteiger partial charge in [0.2, 0.25) is 5.95 Å². The zero-order valence-corrected chi connectivity index (χ0v) is 17.8. The summed E-state index contributed by atoms with van der Waals surface area (Å²) in [6.45, 7) is 1.58. The topological polar surface area (TPSA) is 103 Å². The van der Waals surface area contributed by atoms with E-state index in [1.54, 1.807) is 0 Å². The lowest BCUT2D eigenvalue weighted by Gasteiger charge is -2.18. The fourth-order valence-corrected chi connectivity index (χ4v) is 4.34. The maximum Gasteiger partial charge on any atom is 0.419 e. The smallest absolute Gasteiger partial charge is 0.419 e. The molecule has 164 valence electrons. The minimum Gasteiger partial charge on any atom is -0.478 e. The average Bonchev–Trinajstić information content (AvgIpc) is 2.98. The van der Waals surface area contributed by atoms with Crippen molar-refractivity contribution in [2.24, 2.45) is 0 Å². The number of nitrogens with one attached hydrogen (secondary N) is 3. The van der Waals surface area contributed by atoms with E-state index in [9.17, 15) is 23.1 Å². The van der Waals surface area contributed by atoms with Crippen LogP contribution in [0.25, 0.3) is 22.2 Å². The number of aromatic amines is 1. The average molecular weight is 498 g/mol. The summed E-state index contributed by atoms with van der Waals surface area (Å²) in [7, 11) is 0. The number of fused-ring (bicyclic) bond motifs is 1. The molecule has 4 N–H and O–H groups in total. The first-order valence-electron chi connectivity index (χ1n) is 9.70. The van der Waals surface area contributed by atoms with E-state index in [0.29, 0.717) is 17.4 Å². The van der Waals surface area contributed by atoms with E-state index in [1.165, 1.54) is 18.3 Å². The fourth-order valence-electron chi connectivity index (χ4n) is 3.71. The third-order valence-corrected chi connectivity index (χ3v) is 6.08. The van der Waals surface area contributed by atoms with Crippen molar-refractivity contribution in [3.63, 3.8) is 0 Å². The van der Waals surface area contributed by atoms with Gasteiger partial charge in [-0.25, -0.2) is 14.8 Å². The minimum absolute atomic E-state index is 0.00264. The summed E-state index contributed by atoms with van der Waals surface area (Å²) in [5, 5.41) is 16.1. The van der Waals surface area contributed by atoms with Crippen LogP contribution in [0.1, 0.15) is 35.2 Å². The number of hydrogen-bond acceptors (Lipinski definition) is 5. The molecule has 1 aliphatic heterocycles. The number of rotatable bonds is 4. The van der Waals surface area contributed by atoms with Gasteiger partial charge >= 0.3 is 12.1 Å². The van der Waals surface area contributed by atoms with E-state index in [0.717, 1.165) is 32.0 Å². The summed E-state index contributed by atoms with van der Waals surface area (Å²) < 4.78 is 41.4. The van der Waals surface area contributed by atoms with Crippen LogP contribution >= 0.6 is 15.9 Å². The highest BCUT2D eigenvalue weighted by Gasteiger charge is 2.36. The van der Waals surface area contributed by atoms with E-state index in [1.807, 2.05) is 0 Å². The van der Waals surface area contributed by atoms with Crippen molar-refractivity contribution in [3.05, 3.63) is 40.1 Å². The number of aromatic carboxylic acids is 1. The third-order valence-electron chi connectivity index (χ3n) is 5.25. The highest BCUT2D eigenvalue weighted by atomic mass is 79.9. The molecule has 11 heteroatoms. The van der Waals surface area contributed by atoms with Gasteiger partial charge in [-0.1, -0.05) is 12.5 Å². The lowest BCUT2D eigenvalue weighted by atomic mass is 10.0. The van der Waals surface area contributed by atoms with E-state index in [2.05, 4.69) is 41.5 Å². The number of benzene rings is 1. The van der Waals surface area contributed by atoms with Gasteiger partial charge in [0.25, 0.3) is 0 Å². The molecular weight excluding hydrogens is 479 g/mol. The van der Waals surface area contributed by atoms with Gasteiger partial charge in [0.15, 0.2) is 0 Å². The van der Waals surface area contributed by atoms with Crippen molar-refractivity contribution in [1.82, 2.24) is 20.3 Å². The first-order chi connectivity index (χ1) is 14.8. The molecule has 3 heterocycles. The number of anilines is 1. The number of alkyl halides is 3. The van der Waals surface area contributed by atoms with Gasteiger partial charge in [-0.05, 0) is 41.4 Å². The van der Waals surface area contributed by atoms with Crippen molar-refractivity contribution in [1.29, 1.82) is 0 Å². The maximum absolute atomic E-state index is 13.7. The SMILES string of the molecule is O=C(O)c1ccc2c(-c3nc(N[C@H]4CCCCNC4)ncc3C(F)(F)F)c[nH]c2c1Br. The van der Waals surface area contributed by atoms with E-state index >= 15 is 0 Å². The predicted octanol–water partition coefficient (Wildman–Crippen LogP) is 4.66. The molecule has 1 atom stereocenters. The van der Waals surface area contributed by atoms with Crippen LogP contribution in [0.3, 0.4) is 0 Å². The number of carbonyl (C=O) groups is 1. The van der Waals surface area contributed by atoms with Crippen LogP contribution < -0.4 is 10.6 Å². The van der Waals surface area contributed by atoms with Crippen molar-refractivity contribution < 1.29 is 23.1 Å². The molecule has 7 nitrogen and oxygen atoms in total. The van der Waals surface area contributed by atoms with Crippen molar-refractivity contribution in [3.8, 4) is 11.3 Å². The molecule has 1 fully saturated rings. The first-order valence-corrected chi connectivity index (χ1v) is 10.5. The minimum atomic E-state index is -4.65. The Morgan fingerprint density at radius 1 is 1.29 bits per heavy atom. The molecule has 1 aliphatic rings. The zero-order valence-electron chi connectivity index (χ0n) is 16.2. The Labute approximate surface area is 183 Å². The Bertz CT molecular complexity index is 1120. The van der Waals surface area contributed by atoms with Gasteiger partial charge in [0.05, 0.1) is 21.2 Å². The second-order valence-corrected chi connectivity index (χ2v) is 8.14. The Balaban J connectivity index is 1.80. The molecule has 4 rings (SSSR count). The van der Waals surface area contributed by atoms with Crippen LogP contribution in [0.5, 0.6) is 0 Å². The summed E-state index contributed by atoms with van der Waals surface area (Å²) >= 11 is 3.23. The highest BCUT2D eigenvalue weighted by molar-refractivity contribution is 9.10. The largest absolute Gasteiger partial charge is 0.478 e. The molecule has 31 heavy (non-hydrogen) atoms. The van der Waals surface area contributed by atoms with Gasteiger partial charge < -0.3 is 20.7 Å². The highest BCUT2D eigenvalue weighted by Crippen LogP contribution is 2.40. The summed E-state index contributed by atoms with van der Waals surface area (Å²) in [6.07, 6.45) is 0.439. The van der Waals surface area contributed by atoms with Crippen molar-refractivity contribution in [2.75, 3.05) is 18.4 Å². The third kappa shape index (κ3) is 4.38. The van der Waals surface area contributed by atoms with Gasteiger partial charge in [0.1, 0.15) is 5.56 Å². The summed E-state index contributed by atoms with van der Waals surface area (Å²) in [6, 6.07) is 2.83. The van der Waals surface area contributed by atoms with Crippen molar-refractivity contribution >= 4 is 38.8 Å². The Morgan fingerprint density at radius 2 is 2.10 bits per heavy atom. The molecule has 1 saturated heterocycles. The van der Waals surface area contributed by atoms with Crippen LogP contribution in [0.2, 0.25) is 0 Å². The normalized spacial score (nSPS) is 17.5. The second-order valence-electron chi connectivity index (χ2n) is 7.35. The zero-order chi connectivity index (χ0) is 22.2. The van der Waals surface area contributed by atoms with Gasteiger partial charge in [-0.15, -0.1) is 0 Å². The number of halogens is 4. The van der Waals surface area contributed by atoms with Crippen LogP contribution in [0, 0.1) is 0 Å². The molecule has 0 unspecified atom stereocenters. The lowest BCUT2D eigenvalue weighted by Crippen LogP contribution is -2.31. The van der Waals surface area contributed by atoms with Gasteiger partial charge in [-0.3, -0.25) is 0 Å². The van der Waals surface area contributed by atoms with E-state index < -0.39 is 17.7 Å². The molecule has 0 saturated carbocycles. The molecule has 0 amide bonds. The summed E-state index contributed by atoms with van der Waals surface area (Å²) in [5.41, 5.74) is -0.638. The first kappa shape index (κ1) is 21.6. The fraction of sp³-hybridized carbons (Fsp3) is 0.350. The van der Waals surface area contributed by atoms with E-state index in [4.69, 9.17) is 0 Å². The van der Waals surface area contributed by atoms with Crippen LogP contribution in [-0.4, -0.2) is 45.2 Å². The molecule has 1 aromatic carbocycles. The monoisotopic (exact) mass is 497 g/mol. The molecule has 0 radical (unpaired) electrons. The second kappa shape index (κ2) is 8.46. The van der Waals surface area contributed by atoms with Crippen LogP contribution in [0.15, 0.2) is 29.0 Å². The standard InChI is InChI=1S/C20H19BrF3N5O2/c21-15-12(18(30)31)5-4-11-13(8-26-17(11)15)16-14(20(22,23)24)9-27-19(29-16)28-10-3-1-2-6-25-7-10/h4-5,8-10,25-26H,1-3,6-7H2,(H,30,31)(H,27,28,29)/t10-/m0/s1. The predicted molar refractivity (Wildman–Crippen MR) is 113 cm³/mol. The molecule has 0 bridgehead atoms. The Hall–Kier alpha value is -2.66. The molecule has 0 spiro atoms. The molecule has 3 aromatic rings. The quantitative estimate of drug-likeness (QED) is 0.418. The number of H-pyrrole nitrogens is 1. The molecule has 0 aliphatic carbocycles. The molecule has 2 aromatic heterocycles. The number of aromatic nitrogens is 3. The van der Waals surface area contributed by atoms with Gasteiger partial charge in [0, 0.05) is 35.9 Å². The number of carboxylic acids is 1. The van der Waals surface area contributed by atoms with E-state index in [-0.39, 0.29) is 33.3 Å². The van der Waals surface area contributed by atoms with Crippen molar-refractivity contribution in [2.45, 2.75) is 31.5 Å². The number of carboxylic acid groups (broad SMARTS) is 1. The number of hydrogen-bond donors (Lipinski definition) is 4. The van der Waals surface area contributed by atoms with Crippen LogP contribution in [0.4, 0.5) is 19.1 Å². The Kier molecular flexibility index (Phi) is 5.89. The summed E-state index contributed by atoms with van der Waals surface area (Å²) in [4.78, 5) is 22.4. The lowest BCUT2D eigenvalue weighted by molar-refractivity contribution is -0.137.